The van der Waals surface area contributed by atoms with Crippen LogP contribution in [0.3, 0.4) is 0 Å². The molecule has 1 heterocycles. The topological polar surface area (TPSA) is 83.8 Å². The molecule has 0 spiro atoms. The number of cyclic esters (lactones) is 1. The average molecular weight is 365 g/mol. The summed E-state index contributed by atoms with van der Waals surface area (Å²) in [6.07, 6.45) is 2.54. The van der Waals surface area contributed by atoms with Gasteiger partial charge in [0.25, 0.3) is 0 Å². The Morgan fingerprint density at radius 1 is 1.22 bits per heavy atom. The van der Waals surface area contributed by atoms with Crippen molar-refractivity contribution in [2.24, 2.45) is 5.92 Å². The minimum absolute atomic E-state index is 0. The summed E-state index contributed by atoms with van der Waals surface area (Å²) in [7, 11) is 0. The van der Waals surface area contributed by atoms with Gasteiger partial charge in [0.05, 0.1) is 5.92 Å². The molecule has 3 aliphatic rings. The van der Waals surface area contributed by atoms with Crippen molar-refractivity contribution in [3.63, 3.8) is 0 Å². The zero-order chi connectivity index (χ0) is 18.9. The van der Waals surface area contributed by atoms with Crippen LogP contribution in [-0.4, -0.2) is 34.2 Å². The smallest absolute Gasteiger partial charge is 0.343 e. The van der Waals surface area contributed by atoms with E-state index in [0.717, 1.165) is 27.5 Å². The number of hydrogen-bond donors (Lipinski definition) is 2. The number of Topliss-reactive ketones (excluding diaryl/α,β-unsaturated/α-hetero) is 1. The van der Waals surface area contributed by atoms with Crippen molar-refractivity contribution in [2.75, 3.05) is 6.61 Å². The van der Waals surface area contributed by atoms with Gasteiger partial charge >= 0.3 is 5.97 Å². The number of phenolic OH excluding ortho intramolecular Hbond substituents is 1. The third-order valence-corrected chi connectivity index (χ3v) is 6.04. The minimum atomic E-state index is -1.77. The average Bonchev–Trinajstić information content (AvgIpc) is 3.01. The summed E-state index contributed by atoms with van der Waals surface area (Å²) in [6.45, 7) is 1.62. The summed E-state index contributed by atoms with van der Waals surface area (Å²) < 4.78 is 5.10. The van der Waals surface area contributed by atoms with Crippen molar-refractivity contribution in [1.29, 1.82) is 0 Å². The van der Waals surface area contributed by atoms with Gasteiger partial charge in [0.1, 0.15) is 12.4 Å². The lowest BCUT2D eigenvalue weighted by atomic mass is 9.75. The number of benzene rings is 2. The van der Waals surface area contributed by atoms with Gasteiger partial charge in [-0.3, -0.25) is 4.79 Å². The number of carbonyl (C=O) groups is 2. The molecule has 27 heavy (non-hydrogen) atoms. The first kappa shape index (κ1) is 16.3. The standard InChI is InChI=1S/C22H18O5.H2/c1-2-22(26)19-9-16-15-7-11-3-4-14(23)6-12(11)5-13(15)8-17(16)20(24)18(19)10-27-21(22)25;/h3-7,9,17,23,26H,2,8,10H2,1H3;1H/i;1+1. The van der Waals surface area contributed by atoms with Crippen molar-refractivity contribution in [3.8, 4) is 5.75 Å². The summed E-state index contributed by atoms with van der Waals surface area (Å²) in [4.78, 5) is 25.3. The molecule has 2 unspecified atom stereocenters. The molecule has 0 bridgehead atoms. The lowest BCUT2D eigenvalue weighted by Gasteiger charge is -2.35. The summed E-state index contributed by atoms with van der Waals surface area (Å²) >= 11 is 0. The molecule has 5 rings (SSSR count). The molecule has 0 radical (unpaired) electrons. The van der Waals surface area contributed by atoms with Gasteiger partial charge in [0.2, 0.25) is 0 Å². The van der Waals surface area contributed by atoms with Gasteiger partial charge in [-0.05, 0) is 58.5 Å². The van der Waals surface area contributed by atoms with E-state index in [4.69, 9.17) is 4.74 Å². The number of aromatic hydroxyl groups is 1. The van der Waals surface area contributed by atoms with Crippen LogP contribution in [0.15, 0.2) is 47.6 Å². The Morgan fingerprint density at radius 2 is 2.04 bits per heavy atom. The van der Waals surface area contributed by atoms with Gasteiger partial charge in [-0.15, -0.1) is 0 Å². The molecular formula is C22H20O5. The minimum Gasteiger partial charge on any atom is -0.508 e. The largest absolute Gasteiger partial charge is 0.508 e. The Morgan fingerprint density at radius 3 is 2.81 bits per heavy atom. The van der Waals surface area contributed by atoms with Crippen molar-refractivity contribution in [3.05, 3.63) is 58.7 Å². The van der Waals surface area contributed by atoms with Crippen LogP contribution in [0.25, 0.3) is 16.3 Å². The lowest BCUT2D eigenvalue weighted by molar-refractivity contribution is -0.163. The number of ether oxygens (including phenoxy) is 1. The van der Waals surface area contributed by atoms with Crippen molar-refractivity contribution in [1.82, 2.24) is 0 Å². The van der Waals surface area contributed by atoms with Crippen LogP contribution in [0.4, 0.5) is 0 Å². The second kappa shape index (κ2) is 5.30. The lowest BCUT2D eigenvalue weighted by Crippen LogP contribution is -2.48. The van der Waals surface area contributed by atoms with E-state index in [1.807, 2.05) is 24.3 Å². The predicted octanol–water partition coefficient (Wildman–Crippen LogP) is 2.92. The van der Waals surface area contributed by atoms with E-state index in [1.54, 1.807) is 19.1 Å². The second-order valence-electron chi connectivity index (χ2n) is 7.44. The summed E-state index contributed by atoms with van der Waals surface area (Å²) in [5.74, 6) is -0.889. The van der Waals surface area contributed by atoms with Crippen LogP contribution in [-0.2, 0) is 20.7 Å². The number of allylic oxidation sites excluding steroid dienone is 1. The normalized spacial score (nSPS) is 26.4. The number of phenols is 1. The molecule has 2 atom stereocenters. The molecular weight excluding hydrogens is 344 g/mol. The van der Waals surface area contributed by atoms with Gasteiger partial charge in [-0.25, -0.2) is 4.79 Å². The Hall–Kier alpha value is -2.92. The zero-order valence-corrected chi connectivity index (χ0v) is 14.8. The highest BCUT2D eigenvalue weighted by Crippen LogP contribution is 2.47. The molecule has 1 aliphatic heterocycles. The number of hydrogen-bond acceptors (Lipinski definition) is 5. The van der Waals surface area contributed by atoms with E-state index in [9.17, 15) is 19.8 Å². The molecule has 2 aromatic rings. The second-order valence-corrected chi connectivity index (χ2v) is 7.44. The third kappa shape index (κ3) is 2.09. The fourth-order valence-electron chi connectivity index (χ4n) is 4.51. The molecule has 2 N–H and O–H groups in total. The maximum atomic E-state index is 13.1. The first-order valence-corrected chi connectivity index (χ1v) is 9.07. The molecule has 2 aliphatic carbocycles. The van der Waals surface area contributed by atoms with Crippen LogP contribution in [0.1, 0.15) is 25.9 Å². The molecule has 2 aromatic carbocycles. The zero-order valence-electron chi connectivity index (χ0n) is 14.8. The van der Waals surface area contributed by atoms with Gasteiger partial charge in [-0.1, -0.05) is 25.1 Å². The maximum absolute atomic E-state index is 13.1. The summed E-state index contributed by atoms with van der Waals surface area (Å²) in [5.41, 5.74) is 1.87. The van der Waals surface area contributed by atoms with Crippen LogP contribution in [0.2, 0.25) is 0 Å². The number of esters is 1. The molecule has 5 nitrogen and oxygen atoms in total. The molecule has 5 heteroatoms. The molecule has 138 valence electrons. The highest BCUT2D eigenvalue weighted by Gasteiger charge is 2.49. The Labute approximate surface area is 157 Å². The van der Waals surface area contributed by atoms with Crippen molar-refractivity contribution in [2.45, 2.75) is 25.4 Å². The molecule has 0 saturated carbocycles. The van der Waals surface area contributed by atoms with Crippen molar-refractivity contribution >= 4 is 28.1 Å². The summed E-state index contributed by atoms with van der Waals surface area (Å²) in [5, 5.41) is 22.5. The van der Waals surface area contributed by atoms with Gasteiger partial charge < -0.3 is 14.9 Å². The van der Waals surface area contributed by atoms with E-state index in [1.165, 1.54) is 0 Å². The predicted molar refractivity (Wildman–Crippen MR) is 101 cm³/mol. The van der Waals surface area contributed by atoms with Crippen LogP contribution >= 0.6 is 0 Å². The Kier molecular flexibility index (Phi) is 3.19. The number of ketones is 1. The van der Waals surface area contributed by atoms with Crippen LogP contribution in [0.5, 0.6) is 5.75 Å². The number of aliphatic hydroxyl groups is 1. The summed E-state index contributed by atoms with van der Waals surface area (Å²) in [6, 6.07) is 9.20. The van der Waals surface area contributed by atoms with E-state index in [-0.39, 0.29) is 31.9 Å². The Balaban J connectivity index is 0.00000192. The maximum Gasteiger partial charge on any atom is 0.343 e. The molecule has 0 saturated heterocycles. The highest BCUT2D eigenvalue weighted by atomic mass is 16.6. The van der Waals surface area contributed by atoms with Crippen LogP contribution < -0.4 is 0 Å². The van der Waals surface area contributed by atoms with E-state index < -0.39 is 11.6 Å². The molecule has 0 amide bonds. The number of fused-ring (bicyclic) bond motifs is 4. The SMILES string of the molecule is CCC1(O)C(=O)OCC2=C1C=C1c3cc4ccc(O)cc4cc3CC1C2=O.[2HH]. The van der Waals surface area contributed by atoms with E-state index >= 15 is 0 Å². The van der Waals surface area contributed by atoms with E-state index in [2.05, 4.69) is 0 Å². The quantitative estimate of drug-likeness (QED) is 0.759. The fourth-order valence-corrected chi connectivity index (χ4v) is 4.51. The molecule has 0 aromatic heterocycles. The monoisotopic (exact) mass is 365 g/mol. The van der Waals surface area contributed by atoms with Gasteiger partial charge in [0, 0.05) is 12.6 Å². The van der Waals surface area contributed by atoms with Crippen LogP contribution in [0, 0.1) is 5.92 Å². The number of rotatable bonds is 1. The number of carbonyl (C=O) groups excluding carboxylic acids is 2. The molecule has 0 fully saturated rings. The third-order valence-electron chi connectivity index (χ3n) is 6.04. The first-order valence-electron chi connectivity index (χ1n) is 9.07. The first-order chi connectivity index (χ1) is 12.9. The van der Waals surface area contributed by atoms with Gasteiger partial charge in [0.15, 0.2) is 11.4 Å². The fraction of sp³-hybridized carbons (Fsp3) is 0.273. The van der Waals surface area contributed by atoms with Crippen molar-refractivity contribution < 1.29 is 26.0 Å². The van der Waals surface area contributed by atoms with E-state index in [0.29, 0.717) is 17.6 Å². The van der Waals surface area contributed by atoms with Gasteiger partial charge in [-0.2, -0.15) is 0 Å². The highest BCUT2D eigenvalue weighted by molar-refractivity contribution is 6.12. The Bertz CT molecular complexity index is 1110.